The number of hydrogen-bond donors (Lipinski definition) is 2. The molecule has 5 heteroatoms. The number of aromatic amines is 1. The number of thiophene rings is 1. The molecule has 1 atom stereocenters. The lowest BCUT2D eigenvalue weighted by molar-refractivity contribution is 0.614. The molecule has 1 unspecified atom stereocenters. The number of aryl methyl sites for hydroxylation is 1. The Morgan fingerprint density at radius 1 is 1.56 bits per heavy atom. The summed E-state index contributed by atoms with van der Waals surface area (Å²) in [4.78, 5) is 5.56. The Morgan fingerprint density at radius 2 is 2.44 bits per heavy atom. The van der Waals surface area contributed by atoms with Gasteiger partial charge in [-0.05, 0) is 31.2 Å². The highest BCUT2D eigenvalue weighted by atomic mass is 32.1. The number of nitrogens with two attached hydrogens (primary N) is 1. The number of nitrogens with zero attached hydrogens (tertiary/aromatic N) is 2. The van der Waals surface area contributed by atoms with Crippen molar-refractivity contribution < 1.29 is 0 Å². The van der Waals surface area contributed by atoms with Crippen LogP contribution in [0.5, 0.6) is 0 Å². The lowest BCUT2D eigenvalue weighted by atomic mass is 10.1. The summed E-state index contributed by atoms with van der Waals surface area (Å²) >= 11 is 1.65. The molecule has 2 aromatic rings. The van der Waals surface area contributed by atoms with Crippen molar-refractivity contribution >= 4 is 11.3 Å². The number of rotatable bonds is 5. The predicted octanol–water partition coefficient (Wildman–Crippen LogP) is 2.20. The van der Waals surface area contributed by atoms with Gasteiger partial charge in [-0.15, -0.1) is 11.3 Å². The fourth-order valence-electron chi connectivity index (χ4n) is 1.51. The maximum Gasteiger partial charge on any atom is 0.191 e. The van der Waals surface area contributed by atoms with E-state index in [9.17, 15) is 0 Å². The molecule has 3 N–H and O–H groups in total. The number of nitrogens with one attached hydrogen (secondary N) is 1. The molecular formula is C11H16N4S. The normalized spacial score (nSPS) is 12.9. The van der Waals surface area contributed by atoms with Gasteiger partial charge in [0.1, 0.15) is 5.82 Å². The van der Waals surface area contributed by atoms with Crippen LogP contribution in [-0.4, -0.2) is 21.2 Å². The van der Waals surface area contributed by atoms with Crippen LogP contribution in [0.1, 0.15) is 25.6 Å². The van der Waals surface area contributed by atoms with Crippen molar-refractivity contribution in [3.63, 3.8) is 0 Å². The predicted molar refractivity (Wildman–Crippen MR) is 66.3 cm³/mol. The van der Waals surface area contributed by atoms with Crippen LogP contribution < -0.4 is 5.73 Å². The highest BCUT2D eigenvalue weighted by Crippen LogP contribution is 2.20. The Balaban J connectivity index is 1.93. The molecule has 2 heterocycles. The van der Waals surface area contributed by atoms with Gasteiger partial charge in [-0.25, -0.2) is 4.98 Å². The maximum atomic E-state index is 5.69. The maximum absolute atomic E-state index is 5.69. The van der Waals surface area contributed by atoms with Crippen molar-refractivity contribution in [3.05, 3.63) is 23.3 Å². The Bertz CT molecular complexity index is 419. The van der Waals surface area contributed by atoms with Crippen LogP contribution in [0.25, 0.3) is 10.7 Å². The van der Waals surface area contributed by atoms with Gasteiger partial charge in [-0.3, -0.25) is 5.10 Å². The van der Waals surface area contributed by atoms with E-state index >= 15 is 0 Å². The molecule has 2 aromatic heterocycles. The van der Waals surface area contributed by atoms with E-state index in [4.69, 9.17) is 5.73 Å². The van der Waals surface area contributed by atoms with E-state index in [0.29, 0.717) is 0 Å². The van der Waals surface area contributed by atoms with Crippen molar-refractivity contribution in [3.8, 4) is 10.7 Å². The van der Waals surface area contributed by atoms with Crippen LogP contribution in [0, 0.1) is 0 Å². The lowest BCUT2D eigenvalue weighted by Crippen LogP contribution is -2.14. The fraction of sp³-hybridized carbons (Fsp3) is 0.455. The molecule has 86 valence electrons. The molecule has 4 nitrogen and oxygen atoms in total. The van der Waals surface area contributed by atoms with Crippen LogP contribution >= 0.6 is 11.3 Å². The summed E-state index contributed by atoms with van der Waals surface area (Å²) < 4.78 is 0. The van der Waals surface area contributed by atoms with Crippen LogP contribution in [0.15, 0.2) is 17.5 Å². The summed E-state index contributed by atoms with van der Waals surface area (Å²) in [5.41, 5.74) is 5.69. The zero-order chi connectivity index (χ0) is 11.4. The number of hydrogen-bond acceptors (Lipinski definition) is 4. The van der Waals surface area contributed by atoms with Gasteiger partial charge < -0.3 is 5.73 Å². The SMILES string of the molecule is CC(N)CCCc1nc(-c2cccs2)n[nH]1. The fourth-order valence-corrected chi connectivity index (χ4v) is 2.17. The summed E-state index contributed by atoms with van der Waals surface area (Å²) in [6, 6.07) is 4.30. The van der Waals surface area contributed by atoms with E-state index in [1.165, 1.54) is 0 Å². The monoisotopic (exact) mass is 236 g/mol. The lowest BCUT2D eigenvalue weighted by Gasteiger charge is -2.01. The molecular weight excluding hydrogens is 220 g/mol. The van der Waals surface area contributed by atoms with Crippen molar-refractivity contribution in [2.45, 2.75) is 32.2 Å². The summed E-state index contributed by atoms with van der Waals surface area (Å²) in [5, 5.41) is 9.20. The first-order valence-electron chi connectivity index (χ1n) is 5.46. The third-order valence-corrected chi connectivity index (χ3v) is 3.21. The molecule has 0 aliphatic carbocycles. The van der Waals surface area contributed by atoms with Gasteiger partial charge in [0.15, 0.2) is 5.82 Å². The second-order valence-electron chi connectivity index (χ2n) is 3.95. The average Bonchev–Trinajstić information content (AvgIpc) is 2.85. The van der Waals surface area contributed by atoms with Crippen molar-refractivity contribution in [2.75, 3.05) is 0 Å². The molecule has 0 spiro atoms. The molecule has 0 fully saturated rings. The third-order valence-electron chi connectivity index (χ3n) is 2.35. The molecule has 0 aliphatic rings. The topological polar surface area (TPSA) is 67.6 Å². The summed E-state index contributed by atoms with van der Waals surface area (Å²) in [6.45, 7) is 2.03. The van der Waals surface area contributed by atoms with E-state index in [1.807, 2.05) is 24.4 Å². The smallest absolute Gasteiger partial charge is 0.191 e. The Labute approximate surface area is 98.9 Å². The van der Waals surface area contributed by atoms with E-state index in [2.05, 4.69) is 15.2 Å². The van der Waals surface area contributed by atoms with Crippen LogP contribution in [0.4, 0.5) is 0 Å². The Morgan fingerprint density at radius 3 is 3.12 bits per heavy atom. The minimum absolute atomic E-state index is 0.264. The summed E-state index contributed by atoms with van der Waals surface area (Å²) in [5.74, 6) is 1.75. The molecule has 16 heavy (non-hydrogen) atoms. The van der Waals surface area contributed by atoms with Gasteiger partial charge in [0, 0.05) is 12.5 Å². The van der Waals surface area contributed by atoms with E-state index in [0.717, 1.165) is 35.8 Å². The van der Waals surface area contributed by atoms with Gasteiger partial charge in [0.2, 0.25) is 0 Å². The van der Waals surface area contributed by atoms with Gasteiger partial charge in [-0.1, -0.05) is 6.07 Å². The second-order valence-corrected chi connectivity index (χ2v) is 4.90. The van der Waals surface area contributed by atoms with Crippen LogP contribution in [0.2, 0.25) is 0 Å². The minimum atomic E-state index is 0.264. The zero-order valence-electron chi connectivity index (χ0n) is 9.31. The molecule has 0 aromatic carbocycles. The molecule has 0 saturated heterocycles. The van der Waals surface area contributed by atoms with E-state index in [1.54, 1.807) is 11.3 Å². The Hall–Kier alpha value is -1.20. The summed E-state index contributed by atoms with van der Waals surface area (Å²) in [6.07, 6.45) is 2.99. The second kappa shape index (κ2) is 5.23. The molecule has 0 saturated carbocycles. The molecule has 0 aliphatic heterocycles. The molecule has 2 rings (SSSR count). The Kier molecular flexibility index (Phi) is 3.69. The first-order chi connectivity index (χ1) is 7.75. The van der Waals surface area contributed by atoms with Crippen molar-refractivity contribution in [2.24, 2.45) is 5.73 Å². The van der Waals surface area contributed by atoms with Crippen molar-refractivity contribution in [1.82, 2.24) is 15.2 Å². The van der Waals surface area contributed by atoms with Crippen molar-refractivity contribution in [1.29, 1.82) is 0 Å². The molecule has 0 radical (unpaired) electrons. The quantitative estimate of drug-likeness (QED) is 0.836. The number of aromatic nitrogens is 3. The van der Waals surface area contributed by atoms with Gasteiger partial charge in [0.05, 0.1) is 4.88 Å². The van der Waals surface area contributed by atoms with Gasteiger partial charge in [0.25, 0.3) is 0 Å². The molecule has 0 amide bonds. The zero-order valence-corrected chi connectivity index (χ0v) is 10.1. The first-order valence-corrected chi connectivity index (χ1v) is 6.34. The third kappa shape index (κ3) is 2.90. The highest BCUT2D eigenvalue weighted by Gasteiger charge is 2.06. The van der Waals surface area contributed by atoms with E-state index < -0.39 is 0 Å². The average molecular weight is 236 g/mol. The van der Waals surface area contributed by atoms with E-state index in [-0.39, 0.29) is 6.04 Å². The highest BCUT2D eigenvalue weighted by molar-refractivity contribution is 7.13. The van der Waals surface area contributed by atoms with Gasteiger partial charge >= 0.3 is 0 Å². The van der Waals surface area contributed by atoms with Crippen LogP contribution in [-0.2, 0) is 6.42 Å². The first kappa shape index (κ1) is 11.3. The molecule has 0 bridgehead atoms. The standard InChI is InChI=1S/C11H16N4S/c1-8(12)4-2-6-10-13-11(15-14-10)9-5-3-7-16-9/h3,5,7-8H,2,4,6,12H2,1H3,(H,13,14,15). The summed E-state index contributed by atoms with van der Waals surface area (Å²) in [7, 11) is 0. The van der Waals surface area contributed by atoms with Gasteiger partial charge in [-0.2, -0.15) is 5.10 Å². The number of H-pyrrole nitrogens is 1. The minimum Gasteiger partial charge on any atom is -0.328 e. The van der Waals surface area contributed by atoms with Crippen LogP contribution in [0.3, 0.4) is 0 Å². The largest absolute Gasteiger partial charge is 0.328 e.